The summed E-state index contributed by atoms with van der Waals surface area (Å²) < 4.78 is 16.5. The van der Waals surface area contributed by atoms with Crippen molar-refractivity contribution in [3.8, 4) is 11.5 Å². The number of hydrogen-bond acceptors (Lipinski definition) is 4. The van der Waals surface area contributed by atoms with Gasteiger partial charge in [0.05, 0.1) is 14.2 Å². The molecule has 3 aromatic carbocycles. The van der Waals surface area contributed by atoms with Crippen LogP contribution in [0.25, 0.3) is 21.7 Å². The van der Waals surface area contributed by atoms with Crippen LogP contribution >= 0.6 is 0 Å². The Morgan fingerprint density at radius 1 is 0.964 bits per heavy atom. The lowest BCUT2D eigenvalue weighted by Crippen LogP contribution is -2.23. The molecule has 0 fully saturated rings. The fraction of sp³-hybridized carbons (Fsp3) is 0.174. The van der Waals surface area contributed by atoms with Gasteiger partial charge in [-0.2, -0.15) is 0 Å². The summed E-state index contributed by atoms with van der Waals surface area (Å²) in [6, 6.07) is 17.6. The lowest BCUT2D eigenvalue weighted by Gasteiger charge is -2.10. The van der Waals surface area contributed by atoms with Crippen molar-refractivity contribution in [3.63, 3.8) is 0 Å². The van der Waals surface area contributed by atoms with E-state index in [2.05, 4.69) is 5.32 Å². The van der Waals surface area contributed by atoms with Crippen LogP contribution < -0.4 is 14.8 Å². The Morgan fingerprint density at radius 3 is 2.54 bits per heavy atom. The minimum atomic E-state index is -0.243. The van der Waals surface area contributed by atoms with Crippen LogP contribution in [0, 0.1) is 6.92 Å². The molecule has 0 bridgehead atoms. The van der Waals surface area contributed by atoms with Crippen LogP contribution in [0.15, 0.2) is 59.0 Å². The molecule has 0 atom stereocenters. The van der Waals surface area contributed by atoms with Crippen LogP contribution in [0.3, 0.4) is 0 Å². The van der Waals surface area contributed by atoms with Gasteiger partial charge in [-0.05, 0) is 30.0 Å². The zero-order chi connectivity index (χ0) is 19.7. The number of fused-ring (bicyclic) bond motifs is 3. The fourth-order valence-corrected chi connectivity index (χ4v) is 3.42. The molecule has 1 N–H and O–H groups in total. The van der Waals surface area contributed by atoms with Gasteiger partial charge in [0.2, 0.25) is 0 Å². The van der Waals surface area contributed by atoms with E-state index >= 15 is 0 Å². The van der Waals surface area contributed by atoms with E-state index in [4.69, 9.17) is 13.9 Å². The number of nitrogens with one attached hydrogen (secondary N) is 1. The molecular formula is C23H21NO4. The van der Waals surface area contributed by atoms with E-state index in [0.29, 0.717) is 23.8 Å². The van der Waals surface area contributed by atoms with Gasteiger partial charge in [0.15, 0.2) is 17.3 Å². The molecule has 1 heterocycles. The van der Waals surface area contributed by atoms with Crippen molar-refractivity contribution < 1.29 is 18.7 Å². The second-order valence-corrected chi connectivity index (χ2v) is 6.59. The molecule has 0 radical (unpaired) electrons. The Balaban J connectivity index is 1.61. The zero-order valence-electron chi connectivity index (χ0n) is 16.0. The maximum absolute atomic E-state index is 12.8. The number of hydrogen-bond donors (Lipinski definition) is 1. The third-order valence-corrected chi connectivity index (χ3v) is 4.94. The van der Waals surface area contributed by atoms with Gasteiger partial charge in [0.25, 0.3) is 5.91 Å². The molecular weight excluding hydrogens is 354 g/mol. The first-order chi connectivity index (χ1) is 13.6. The third-order valence-electron chi connectivity index (χ3n) is 4.94. The highest BCUT2D eigenvalue weighted by Crippen LogP contribution is 2.32. The quantitative estimate of drug-likeness (QED) is 0.542. The molecule has 1 aromatic heterocycles. The molecule has 142 valence electrons. The molecule has 0 aliphatic heterocycles. The van der Waals surface area contributed by atoms with E-state index in [1.807, 2.05) is 61.5 Å². The summed E-state index contributed by atoms with van der Waals surface area (Å²) >= 11 is 0. The molecule has 0 aliphatic carbocycles. The number of benzene rings is 3. The Labute approximate surface area is 162 Å². The number of rotatable bonds is 5. The third kappa shape index (κ3) is 3.05. The second-order valence-electron chi connectivity index (χ2n) is 6.59. The maximum atomic E-state index is 12.8. The van der Waals surface area contributed by atoms with Crippen LogP contribution in [0.5, 0.6) is 11.5 Å². The van der Waals surface area contributed by atoms with Gasteiger partial charge in [-0.3, -0.25) is 4.79 Å². The predicted molar refractivity (Wildman–Crippen MR) is 109 cm³/mol. The summed E-state index contributed by atoms with van der Waals surface area (Å²) in [5, 5.41) is 5.96. The summed E-state index contributed by atoms with van der Waals surface area (Å²) in [6.45, 7) is 2.27. The first-order valence-electron chi connectivity index (χ1n) is 9.02. The van der Waals surface area contributed by atoms with Crippen molar-refractivity contribution in [1.82, 2.24) is 5.32 Å². The monoisotopic (exact) mass is 375 g/mol. The van der Waals surface area contributed by atoms with Gasteiger partial charge in [0, 0.05) is 22.9 Å². The van der Waals surface area contributed by atoms with E-state index in [1.165, 1.54) is 0 Å². The summed E-state index contributed by atoms with van der Waals surface area (Å²) in [4.78, 5) is 12.8. The Kier molecular flexibility index (Phi) is 4.65. The van der Waals surface area contributed by atoms with Gasteiger partial charge < -0.3 is 19.2 Å². The van der Waals surface area contributed by atoms with Crippen molar-refractivity contribution in [2.24, 2.45) is 0 Å². The van der Waals surface area contributed by atoms with Gasteiger partial charge in [-0.15, -0.1) is 0 Å². The summed E-state index contributed by atoms with van der Waals surface area (Å²) in [5.41, 5.74) is 2.49. The Bertz CT molecular complexity index is 1180. The number of aryl methyl sites for hydroxylation is 1. The van der Waals surface area contributed by atoms with Crippen molar-refractivity contribution in [3.05, 3.63) is 71.5 Å². The molecule has 0 saturated heterocycles. The zero-order valence-corrected chi connectivity index (χ0v) is 16.0. The molecule has 1 amide bonds. The van der Waals surface area contributed by atoms with E-state index in [0.717, 1.165) is 32.9 Å². The Morgan fingerprint density at radius 2 is 1.75 bits per heavy atom. The van der Waals surface area contributed by atoms with Crippen molar-refractivity contribution in [1.29, 1.82) is 0 Å². The smallest absolute Gasteiger partial charge is 0.287 e. The SMILES string of the molecule is COc1ccc(CNC(=O)c2oc3c(ccc4ccccc43)c2C)cc1OC. The highest BCUT2D eigenvalue weighted by molar-refractivity contribution is 6.08. The normalized spacial score (nSPS) is 11.0. The fourth-order valence-electron chi connectivity index (χ4n) is 3.42. The topological polar surface area (TPSA) is 60.7 Å². The number of carbonyl (C=O) groups is 1. The van der Waals surface area contributed by atoms with E-state index < -0.39 is 0 Å². The lowest BCUT2D eigenvalue weighted by molar-refractivity contribution is 0.0924. The average Bonchev–Trinajstić information content (AvgIpc) is 3.08. The minimum absolute atomic E-state index is 0.243. The van der Waals surface area contributed by atoms with Crippen molar-refractivity contribution >= 4 is 27.6 Å². The highest BCUT2D eigenvalue weighted by atomic mass is 16.5. The Hall–Kier alpha value is -3.47. The lowest BCUT2D eigenvalue weighted by atomic mass is 10.1. The molecule has 0 spiro atoms. The van der Waals surface area contributed by atoms with Crippen molar-refractivity contribution in [2.75, 3.05) is 14.2 Å². The van der Waals surface area contributed by atoms with Gasteiger partial charge in [-0.1, -0.05) is 42.5 Å². The molecule has 4 aromatic rings. The first kappa shape index (κ1) is 17.9. The van der Waals surface area contributed by atoms with Crippen LogP contribution in [-0.4, -0.2) is 20.1 Å². The number of carbonyl (C=O) groups excluding carboxylic acids is 1. The molecule has 28 heavy (non-hydrogen) atoms. The van der Waals surface area contributed by atoms with E-state index in [1.54, 1.807) is 14.2 Å². The van der Waals surface area contributed by atoms with Crippen LogP contribution in [0.4, 0.5) is 0 Å². The van der Waals surface area contributed by atoms with E-state index in [-0.39, 0.29) is 5.91 Å². The highest BCUT2D eigenvalue weighted by Gasteiger charge is 2.19. The summed E-state index contributed by atoms with van der Waals surface area (Å²) in [5.74, 6) is 1.37. The van der Waals surface area contributed by atoms with Crippen LogP contribution in [0.2, 0.25) is 0 Å². The molecule has 4 rings (SSSR count). The number of furan rings is 1. The average molecular weight is 375 g/mol. The minimum Gasteiger partial charge on any atom is -0.493 e. The molecule has 5 nitrogen and oxygen atoms in total. The number of ether oxygens (including phenoxy) is 2. The van der Waals surface area contributed by atoms with Gasteiger partial charge in [-0.25, -0.2) is 0 Å². The molecule has 5 heteroatoms. The maximum Gasteiger partial charge on any atom is 0.287 e. The molecule has 0 unspecified atom stereocenters. The van der Waals surface area contributed by atoms with E-state index in [9.17, 15) is 4.79 Å². The van der Waals surface area contributed by atoms with Gasteiger partial charge in [0.1, 0.15) is 5.58 Å². The predicted octanol–water partition coefficient (Wildman–Crippen LogP) is 4.84. The van der Waals surface area contributed by atoms with Crippen LogP contribution in [0.1, 0.15) is 21.7 Å². The number of amides is 1. The number of methoxy groups -OCH3 is 2. The first-order valence-corrected chi connectivity index (χ1v) is 9.02. The standard InChI is InChI=1S/C23H21NO4/c1-14-17-10-9-16-6-4-5-7-18(16)22(17)28-21(14)23(25)24-13-15-8-11-19(26-2)20(12-15)27-3/h4-12H,13H2,1-3H3,(H,24,25). The summed E-state index contributed by atoms with van der Waals surface area (Å²) in [7, 11) is 3.18. The second kappa shape index (κ2) is 7.27. The largest absolute Gasteiger partial charge is 0.493 e. The molecule has 0 saturated carbocycles. The van der Waals surface area contributed by atoms with Crippen molar-refractivity contribution in [2.45, 2.75) is 13.5 Å². The summed E-state index contributed by atoms with van der Waals surface area (Å²) in [6.07, 6.45) is 0. The molecule has 0 aliphatic rings. The van der Waals surface area contributed by atoms with Crippen LogP contribution in [-0.2, 0) is 6.54 Å². The van der Waals surface area contributed by atoms with Gasteiger partial charge >= 0.3 is 0 Å².